The zero-order chi connectivity index (χ0) is 59.3. The normalized spacial score (nSPS) is 50.6. The van der Waals surface area contributed by atoms with Gasteiger partial charge in [0.15, 0.2) is 11.7 Å². The number of fused-ring (bicyclic) bond motifs is 10. The Balaban J connectivity index is 0.991. The highest BCUT2D eigenvalue weighted by atomic mass is 33.1. The van der Waals surface area contributed by atoms with Crippen LogP contribution in [0.25, 0.3) is 0 Å². The van der Waals surface area contributed by atoms with Crippen LogP contribution in [0.15, 0.2) is 57.7 Å². The maximum Gasteiger partial charge on any atom is 0.190 e. The van der Waals surface area contributed by atoms with Gasteiger partial charge in [-0.25, -0.2) is 4.98 Å². The van der Waals surface area contributed by atoms with Crippen LogP contribution in [-0.4, -0.2) is 132 Å². The molecule has 10 saturated carbocycles. The standard InChI is InChI=1S/C70H103N7O7S2/c1-38(79)76-62(71)75-35-67-19-8-18-66-32-50(81)59(82)46(33-72-4)57(66)49(80)28-48(61(66)67)70(84)52-29-47-54-43(14-15-51(67)68(47,70)36-78)42-10-5-11-44-53(42)55(60(54)83)58(45-27-39-12-13-40-9-6-17-65(40,30-39)56(44)45)63(2,3)31-41(77-26-25-74-37-77)34-85-86-69(52)20-7-16-64(69)21-23-73-24-22-64/h25-26,28,37-43,46-47,50-52,54-57,59-61,72-73,78-79,81-84H,5-24,27,29-36H2,1-4H3,(H3,71,75,76). The number of nitrogens with two attached hydrogens (primary N) is 1. The van der Waals surface area contributed by atoms with E-state index in [2.05, 4.69) is 57.7 Å². The fourth-order valence-electron chi connectivity index (χ4n) is 28.0. The van der Waals surface area contributed by atoms with Gasteiger partial charge in [-0.1, -0.05) is 77.0 Å². The highest BCUT2D eigenvalue weighted by Gasteiger charge is 2.85. The van der Waals surface area contributed by atoms with Gasteiger partial charge in [0.05, 0.1) is 36.8 Å². The summed E-state index contributed by atoms with van der Waals surface area (Å²) in [7, 11) is 5.97. The molecule has 472 valence electrons. The van der Waals surface area contributed by atoms with Crippen molar-refractivity contribution in [2.24, 2.45) is 120 Å². The van der Waals surface area contributed by atoms with E-state index in [4.69, 9.17) is 15.7 Å². The first-order valence-corrected chi connectivity index (χ1v) is 37.2. The van der Waals surface area contributed by atoms with Gasteiger partial charge in [0, 0.05) is 82.4 Å². The van der Waals surface area contributed by atoms with Crippen molar-refractivity contribution < 1.29 is 35.4 Å². The van der Waals surface area contributed by atoms with Crippen molar-refractivity contribution in [3.05, 3.63) is 52.7 Å². The lowest BCUT2D eigenvalue weighted by molar-refractivity contribution is -0.260. The minimum atomic E-state index is -1.69. The molecule has 2 aliphatic heterocycles. The molecule has 24 atom stereocenters. The van der Waals surface area contributed by atoms with Crippen LogP contribution in [0.4, 0.5) is 0 Å². The third-order valence-corrected chi connectivity index (χ3v) is 33.3. The third-order valence-electron chi connectivity index (χ3n) is 29.8. The van der Waals surface area contributed by atoms with Gasteiger partial charge in [-0.05, 0) is 236 Å². The molecule has 13 aliphatic carbocycles. The number of piperidine rings is 1. The van der Waals surface area contributed by atoms with Gasteiger partial charge in [-0.2, -0.15) is 0 Å². The van der Waals surface area contributed by atoms with Crippen LogP contribution >= 0.6 is 21.6 Å². The van der Waals surface area contributed by atoms with Crippen molar-refractivity contribution >= 4 is 33.3 Å². The first-order valence-electron chi connectivity index (χ1n) is 34.9. The largest absolute Gasteiger partial charge is 0.396 e. The number of imidazole rings is 1. The average Bonchev–Trinajstić information content (AvgIpc) is 1.32. The van der Waals surface area contributed by atoms with Gasteiger partial charge in [0.2, 0.25) is 0 Å². The van der Waals surface area contributed by atoms with Crippen molar-refractivity contribution in [2.45, 2.75) is 209 Å². The van der Waals surface area contributed by atoms with E-state index in [1.807, 2.05) is 30.1 Å². The molecule has 24 unspecified atom stereocenters. The number of aliphatic hydroxyl groups excluding tert-OH is 5. The lowest BCUT2D eigenvalue weighted by Crippen LogP contribution is -2.77. The molecule has 11 N–H and O–H groups in total. The molecule has 3 heterocycles. The predicted molar refractivity (Wildman–Crippen MR) is 337 cm³/mol. The number of hydrogen-bond acceptors (Lipinski definition) is 13. The van der Waals surface area contributed by atoms with E-state index < -0.39 is 68.9 Å². The summed E-state index contributed by atoms with van der Waals surface area (Å²) in [6.07, 6.45) is 27.3. The van der Waals surface area contributed by atoms with Gasteiger partial charge in [-0.3, -0.25) is 9.79 Å². The molecule has 12 fully saturated rings. The number of carbonyl (C=O) groups is 1. The van der Waals surface area contributed by atoms with Crippen LogP contribution in [0, 0.1) is 109 Å². The molecule has 0 aromatic carbocycles. The number of aliphatic hydroxyl groups is 6. The summed E-state index contributed by atoms with van der Waals surface area (Å²) in [5.74, 6) is 0.185. The van der Waals surface area contributed by atoms with Crippen LogP contribution in [0.1, 0.15) is 174 Å². The number of aromatic nitrogens is 2. The van der Waals surface area contributed by atoms with Crippen LogP contribution in [0.3, 0.4) is 0 Å². The van der Waals surface area contributed by atoms with E-state index in [0.29, 0.717) is 31.2 Å². The van der Waals surface area contributed by atoms with Crippen molar-refractivity contribution in [3.8, 4) is 0 Å². The minimum absolute atomic E-state index is 0.0717. The summed E-state index contributed by atoms with van der Waals surface area (Å²) in [5, 5.41) is 90.9. The predicted octanol–water partition coefficient (Wildman–Crippen LogP) is 8.64. The summed E-state index contributed by atoms with van der Waals surface area (Å²) in [5.41, 5.74) is 9.65. The van der Waals surface area contributed by atoms with E-state index in [1.165, 1.54) is 38.5 Å². The zero-order valence-corrected chi connectivity index (χ0v) is 53.7. The summed E-state index contributed by atoms with van der Waals surface area (Å²) < 4.78 is 1.93. The van der Waals surface area contributed by atoms with Crippen molar-refractivity contribution in [3.63, 3.8) is 0 Å². The number of carbonyl (C=O) groups excluding carboxylic acids is 1. The monoisotopic (exact) mass is 1220 g/mol. The lowest BCUT2D eigenvalue weighted by atomic mass is 9.31. The van der Waals surface area contributed by atoms with Gasteiger partial charge >= 0.3 is 0 Å². The van der Waals surface area contributed by atoms with Crippen molar-refractivity contribution in [1.29, 1.82) is 0 Å². The first-order chi connectivity index (χ1) is 41.4. The fraction of sp³-hybridized carbons (Fsp3) is 0.843. The Morgan fingerprint density at radius 1 is 0.930 bits per heavy atom. The van der Waals surface area contributed by atoms with E-state index in [0.717, 1.165) is 120 Å². The quantitative estimate of drug-likeness (QED) is 0.0405. The molecule has 15 aliphatic rings. The van der Waals surface area contributed by atoms with Crippen LogP contribution in [0.5, 0.6) is 0 Å². The van der Waals surface area contributed by atoms with Crippen molar-refractivity contribution in [1.82, 2.24) is 25.5 Å². The number of ketones is 1. The molecule has 0 amide bonds. The Hall–Kier alpha value is -2.25. The number of allylic oxidation sites excluding steroid dienone is 3. The Bertz CT molecular complexity index is 3000. The highest BCUT2D eigenvalue weighted by Crippen LogP contribution is 2.85. The molecule has 2 saturated heterocycles. The molecular weight excluding hydrogens is 1110 g/mol. The number of hydrogen-bond donors (Lipinski definition) is 10. The van der Waals surface area contributed by atoms with Crippen LogP contribution < -0.4 is 21.7 Å². The maximum atomic E-state index is 16.3. The molecule has 14 nitrogen and oxygen atoms in total. The molecule has 0 radical (unpaired) electrons. The third kappa shape index (κ3) is 7.55. The van der Waals surface area contributed by atoms with Crippen molar-refractivity contribution in [2.75, 3.05) is 45.6 Å². The average molecular weight is 1220 g/mol. The smallest absolute Gasteiger partial charge is 0.190 e. The molecular formula is C70H103N7O7S2. The topological polar surface area (TPSA) is 231 Å². The number of rotatable bonds is 7. The molecule has 16 rings (SSSR count). The Morgan fingerprint density at radius 2 is 1.74 bits per heavy atom. The minimum Gasteiger partial charge on any atom is -0.396 e. The second kappa shape index (κ2) is 20.6. The van der Waals surface area contributed by atoms with Gasteiger partial charge in [0.25, 0.3) is 0 Å². The van der Waals surface area contributed by atoms with Gasteiger partial charge < -0.3 is 56.9 Å². The fourth-order valence-corrected chi connectivity index (χ4v) is 32.2. The van der Waals surface area contributed by atoms with Crippen LogP contribution in [-0.2, 0) is 4.79 Å². The molecule has 1 aromatic rings. The summed E-state index contributed by atoms with van der Waals surface area (Å²) in [6, 6.07) is 0.117. The Kier molecular flexibility index (Phi) is 14.1. The summed E-state index contributed by atoms with van der Waals surface area (Å²) >= 11 is 0. The SMILES string of the molecule is CNCC1C(O)C(O)CC23CCCC4(CN=C(N)NC(C)O)C2C(=CC(=O)C13)C1(O)C2CC3C5C(O)C6C7=C(CCCC7C5CCC4C31CO)C1C(=C6C(C)(C)CC(n3ccnc3)CSSC23CCCC32CCNCC2)CC2CCC3CCCC31C2. The van der Waals surface area contributed by atoms with E-state index in [9.17, 15) is 20.4 Å². The van der Waals surface area contributed by atoms with E-state index in [-0.39, 0.29) is 95.0 Å². The van der Waals surface area contributed by atoms with Crippen LogP contribution in [0.2, 0.25) is 0 Å². The second-order valence-corrected chi connectivity index (χ2v) is 35.5. The number of nitrogens with zero attached hydrogens (tertiary/aromatic N) is 3. The molecule has 6 bridgehead atoms. The number of nitrogens with one attached hydrogen (secondary N) is 3. The van der Waals surface area contributed by atoms with E-state index in [1.54, 1.807) is 29.2 Å². The molecule has 86 heavy (non-hydrogen) atoms. The Morgan fingerprint density at radius 3 is 2.52 bits per heavy atom. The van der Waals surface area contributed by atoms with E-state index >= 15 is 15.0 Å². The maximum absolute atomic E-state index is 16.3. The molecule has 4 spiro atoms. The Labute approximate surface area is 519 Å². The first kappa shape index (κ1) is 58.8. The summed E-state index contributed by atoms with van der Waals surface area (Å²) in [6.45, 7) is 8.94. The lowest BCUT2D eigenvalue weighted by Gasteiger charge is -2.74. The summed E-state index contributed by atoms with van der Waals surface area (Å²) in [4.78, 5) is 26.4. The second-order valence-electron chi connectivity index (χ2n) is 32.9. The van der Waals surface area contributed by atoms with Gasteiger partial charge in [-0.15, -0.1) is 0 Å². The molecule has 16 heteroatoms. The molecule has 1 aromatic heterocycles. The van der Waals surface area contributed by atoms with Gasteiger partial charge in [0.1, 0.15) is 6.23 Å². The highest BCUT2D eigenvalue weighted by molar-refractivity contribution is 8.77. The zero-order valence-electron chi connectivity index (χ0n) is 52.0. The number of aliphatic imine (C=N–C) groups is 1. The number of guanidine groups is 1.